The van der Waals surface area contributed by atoms with E-state index in [0.29, 0.717) is 64.3 Å². The molecule has 4 aliphatic heterocycles. The van der Waals surface area contributed by atoms with Gasteiger partial charge in [0.05, 0.1) is 34.3 Å². The van der Waals surface area contributed by atoms with Crippen LogP contribution in [0.2, 0.25) is 0 Å². The van der Waals surface area contributed by atoms with Gasteiger partial charge in [0.15, 0.2) is 5.78 Å². The number of piperidine rings is 1. The van der Waals surface area contributed by atoms with Crippen LogP contribution in [-0.2, 0) is 9.59 Å². The molecular weight excluding hydrogens is 717 g/mol. The maximum Gasteiger partial charge on any atom is 0.264 e. The van der Waals surface area contributed by atoms with Crippen LogP contribution in [0.5, 0.6) is 0 Å². The number of hydrogen-bond donors (Lipinski definition) is 2. The summed E-state index contributed by atoms with van der Waals surface area (Å²) in [4.78, 5) is 98.9. The molecule has 1 unspecified atom stereocenters. The van der Waals surface area contributed by atoms with Gasteiger partial charge < -0.3 is 15.1 Å². The summed E-state index contributed by atoms with van der Waals surface area (Å²) in [6.45, 7) is 7.96. The summed E-state index contributed by atoms with van der Waals surface area (Å²) in [7, 11) is 0. The van der Waals surface area contributed by atoms with Crippen molar-refractivity contribution in [3.63, 3.8) is 0 Å². The first-order valence-corrected chi connectivity index (χ1v) is 19.3. The van der Waals surface area contributed by atoms with Gasteiger partial charge in [0.2, 0.25) is 17.8 Å². The second kappa shape index (κ2) is 13.9. The number of anilines is 4. The van der Waals surface area contributed by atoms with Crippen molar-refractivity contribution in [1.29, 1.82) is 0 Å². The van der Waals surface area contributed by atoms with Crippen LogP contribution in [0.3, 0.4) is 0 Å². The van der Waals surface area contributed by atoms with Crippen LogP contribution < -0.4 is 26.0 Å². The third-order valence-electron chi connectivity index (χ3n) is 12.1. The number of carbonyl (C=O) groups is 5. The van der Waals surface area contributed by atoms with E-state index in [4.69, 9.17) is 4.98 Å². The van der Waals surface area contributed by atoms with E-state index < -0.39 is 29.7 Å². The maximum absolute atomic E-state index is 13.6. The second-order valence-corrected chi connectivity index (χ2v) is 15.4. The van der Waals surface area contributed by atoms with E-state index in [-0.39, 0.29) is 35.8 Å². The number of rotatable bonds is 8. The molecule has 1 atom stereocenters. The molecule has 0 radical (unpaired) electrons. The Hall–Kier alpha value is -6.03. The number of Topliss-reactive ketones (excluding diaryl/α,β-unsaturated/α-hetero) is 1. The average Bonchev–Trinajstić information content (AvgIpc) is 3.78. The number of fused-ring (bicyclic) bond motifs is 2. The van der Waals surface area contributed by atoms with Crippen molar-refractivity contribution in [2.45, 2.75) is 70.5 Å². The number of carbonyl (C=O) groups excluding carboxylic acids is 5. The van der Waals surface area contributed by atoms with Crippen LogP contribution in [0.15, 0.2) is 47.5 Å². The zero-order chi connectivity index (χ0) is 38.8. The third-order valence-corrected chi connectivity index (χ3v) is 12.1. The molecule has 1 saturated carbocycles. The van der Waals surface area contributed by atoms with Crippen molar-refractivity contribution in [1.82, 2.24) is 34.6 Å². The van der Waals surface area contributed by atoms with Crippen molar-refractivity contribution in [3.05, 3.63) is 75.3 Å². The van der Waals surface area contributed by atoms with Gasteiger partial charge in [-0.25, -0.2) is 9.97 Å². The van der Waals surface area contributed by atoms with E-state index in [1.165, 1.54) is 6.92 Å². The lowest BCUT2D eigenvalue weighted by Gasteiger charge is -2.49. The molecule has 5 aliphatic rings. The minimum atomic E-state index is -0.994. The number of nitrogens with one attached hydrogen (secondary N) is 2. The van der Waals surface area contributed by atoms with Crippen molar-refractivity contribution >= 4 is 63.6 Å². The number of amides is 4. The Morgan fingerprint density at radius 1 is 0.857 bits per heavy atom. The van der Waals surface area contributed by atoms with Gasteiger partial charge in [-0.05, 0) is 62.9 Å². The molecule has 4 amide bonds. The predicted molar refractivity (Wildman–Crippen MR) is 206 cm³/mol. The SMILES string of the molecule is CC(=O)c1c(C)c2cnc(Nc3ccc(N4CCN(C5CN(c6cccc7c6C(=O)N(C6CCC(=O)NC6=O)C7=O)C5)CC4)cn3)nc2n(C2CCCC2)c1=O. The molecule has 9 rings (SSSR count). The monoisotopic (exact) mass is 758 g/mol. The van der Waals surface area contributed by atoms with E-state index in [2.05, 4.69) is 35.3 Å². The largest absolute Gasteiger partial charge is 0.368 e. The molecule has 0 spiro atoms. The van der Waals surface area contributed by atoms with E-state index in [0.717, 1.165) is 62.4 Å². The van der Waals surface area contributed by atoms with Gasteiger partial charge in [-0.2, -0.15) is 4.98 Å². The third kappa shape index (κ3) is 5.99. The van der Waals surface area contributed by atoms with Crippen LogP contribution in [0.1, 0.15) is 88.1 Å². The highest BCUT2D eigenvalue weighted by Gasteiger charge is 2.47. The molecule has 4 aromatic rings. The zero-order valence-corrected chi connectivity index (χ0v) is 31.3. The number of imide groups is 2. The van der Waals surface area contributed by atoms with E-state index >= 15 is 0 Å². The Kier molecular flexibility index (Phi) is 8.86. The Balaban J connectivity index is 0.825. The predicted octanol–water partition coefficient (Wildman–Crippen LogP) is 2.97. The van der Waals surface area contributed by atoms with Crippen molar-refractivity contribution in [2.75, 3.05) is 54.4 Å². The fraction of sp³-hybridized carbons (Fsp3) is 0.425. The minimum Gasteiger partial charge on any atom is -0.368 e. The normalized spacial score (nSPS) is 20.8. The van der Waals surface area contributed by atoms with Gasteiger partial charge in [0, 0.05) is 69.4 Å². The summed E-state index contributed by atoms with van der Waals surface area (Å²) >= 11 is 0. The van der Waals surface area contributed by atoms with Gasteiger partial charge in [-0.3, -0.25) is 48.5 Å². The summed E-state index contributed by atoms with van der Waals surface area (Å²) < 4.78 is 1.70. The number of nitrogens with zero attached hydrogens (tertiary/aromatic N) is 8. The number of hydrogen-bond acceptors (Lipinski definition) is 13. The second-order valence-electron chi connectivity index (χ2n) is 15.4. The lowest BCUT2D eigenvalue weighted by Crippen LogP contribution is -2.63. The molecule has 1 aromatic carbocycles. The Morgan fingerprint density at radius 3 is 2.32 bits per heavy atom. The molecule has 0 bridgehead atoms. The summed E-state index contributed by atoms with van der Waals surface area (Å²) in [5, 5.41) is 6.14. The van der Waals surface area contributed by atoms with Crippen LogP contribution in [0.25, 0.3) is 11.0 Å². The maximum atomic E-state index is 13.6. The molecule has 3 aromatic heterocycles. The van der Waals surface area contributed by atoms with Crippen molar-refractivity contribution in [2.24, 2.45) is 0 Å². The highest BCUT2D eigenvalue weighted by atomic mass is 16.2. The lowest BCUT2D eigenvalue weighted by atomic mass is 10.00. The van der Waals surface area contributed by atoms with Gasteiger partial charge in [0.25, 0.3) is 17.4 Å². The summed E-state index contributed by atoms with van der Waals surface area (Å²) in [5.41, 5.74) is 3.35. The summed E-state index contributed by atoms with van der Waals surface area (Å²) in [6, 6.07) is 8.44. The molecule has 2 N–H and O–H groups in total. The smallest absolute Gasteiger partial charge is 0.264 e. The molecule has 3 saturated heterocycles. The van der Waals surface area contributed by atoms with Crippen molar-refractivity contribution in [3.8, 4) is 0 Å². The fourth-order valence-electron chi connectivity index (χ4n) is 9.06. The first kappa shape index (κ1) is 35.7. The highest BCUT2D eigenvalue weighted by molar-refractivity contribution is 6.25. The lowest BCUT2D eigenvalue weighted by molar-refractivity contribution is -0.136. The fourth-order valence-corrected chi connectivity index (χ4v) is 9.06. The number of benzene rings is 1. The van der Waals surface area contributed by atoms with E-state index in [1.807, 2.05) is 24.4 Å². The van der Waals surface area contributed by atoms with Gasteiger partial charge in [-0.1, -0.05) is 18.9 Å². The quantitative estimate of drug-likeness (QED) is 0.198. The molecule has 16 nitrogen and oxygen atoms in total. The van der Waals surface area contributed by atoms with E-state index in [1.54, 1.807) is 29.8 Å². The van der Waals surface area contributed by atoms with Crippen LogP contribution in [0, 0.1) is 6.92 Å². The Morgan fingerprint density at radius 2 is 1.62 bits per heavy atom. The number of ketones is 1. The van der Waals surface area contributed by atoms with Crippen LogP contribution >= 0.6 is 0 Å². The number of aryl methyl sites for hydroxylation is 1. The summed E-state index contributed by atoms with van der Waals surface area (Å²) in [5.74, 6) is -1.37. The zero-order valence-electron chi connectivity index (χ0n) is 31.3. The molecule has 16 heteroatoms. The number of aromatic nitrogens is 4. The van der Waals surface area contributed by atoms with Gasteiger partial charge in [-0.15, -0.1) is 0 Å². The van der Waals surface area contributed by atoms with Crippen LogP contribution in [-0.4, -0.2) is 110 Å². The number of pyridine rings is 2. The molecule has 1 aliphatic carbocycles. The van der Waals surface area contributed by atoms with Gasteiger partial charge in [0.1, 0.15) is 17.5 Å². The molecular formula is C40H42N10O6. The number of piperazine rings is 1. The molecule has 4 fully saturated rings. The average molecular weight is 759 g/mol. The standard InChI is InChI=1S/C40H42N10O6/c1-22-28-19-42-40(45-35(28)49(24-6-3-4-7-24)38(55)33(22)23(2)51)43-31-12-10-25(18-41-31)46-14-16-47(17-15-46)26-20-48(21-26)29-9-5-8-27-34(29)39(56)50(37(27)54)30-11-13-32(52)44-36(30)53/h5,8-10,12,18-19,24,26,30H,3-4,6-7,11,13-17,20-21H2,1-2H3,(H,44,52,53)(H,41,42,43,45). The van der Waals surface area contributed by atoms with E-state index in [9.17, 15) is 28.8 Å². The molecule has 7 heterocycles. The summed E-state index contributed by atoms with van der Waals surface area (Å²) in [6.07, 6.45) is 7.50. The molecule has 56 heavy (non-hydrogen) atoms. The van der Waals surface area contributed by atoms with Crippen molar-refractivity contribution < 1.29 is 24.0 Å². The topological polar surface area (TPSA) is 183 Å². The molecule has 288 valence electrons. The first-order valence-electron chi connectivity index (χ1n) is 19.3. The van der Waals surface area contributed by atoms with Gasteiger partial charge >= 0.3 is 0 Å². The Labute approximate surface area is 321 Å². The minimum absolute atomic E-state index is 0.00494. The Bertz CT molecular complexity index is 2380. The highest BCUT2D eigenvalue weighted by Crippen LogP contribution is 2.37. The van der Waals surface area contributed by atoms with Crippen LogP contribution in [0.4, 0.5) is 23.1 Å². The first-order chi connectivity index (χ1) is 27.1.